The first-order valence-electron chi connectivity index (χ1n) is 11.2. The monoisotopic (exact) mass is 434 g/mol. The molecule has 0 fully saturated rings. The number of para-hydroxylation sites is 1. The molecule has 1 aliphatic rings. The van der Waals surface area contributed by atoms with Gasteiger partial charge in [-0.25, -0.2) is 4.68 Å². The summed E-state index contributed by atoms with van der Waals surface area (Å²) >= 11 is 0. The highest BCUT2D eigenvalue weighted by atomic mass is 16.1. The maximum atomic E-state index is 13.1. The normalized spacial score (nSPS) is 15.0. The summed E-state index contributed by atoms with van der Waals surface area (Å²) in [6.45, 7) is 6.37. The average molecular weight is 435 g/mol. The summed E-state index contributed by atoms with van der Waals surface area (Å²) in [5, 5.41) is 8.42. The molecule has 1 aliphatic heterocycles. The van der Waals surface area contributed by atoms with Crippen molar-refractivity contribution in [3.8, 4) is 22.6 Å². The molecule has 0 amide bonds. The van der Waals surface area contributed by atoms with Crippen molar-refractivity contribution < 1.29 is 0 Å². The van der Waals surface area contributed by atoms with Crippen molar-refractivity contribution >= 4 is 11.8 Å². The van der Waals surface area contributed by atoms with E-state index in [2.05, 4.69) is 61.4 Å². The van der Waals surface area contributed by atoms with E-state index in [0.717, 1.165) is 28.0 Å². The molecule has 5 heteroatoms. The Balaban J connectivity index is 1.66. The molecule has 4 aromatic rings. The second-order valence-electron chi connectivity index (χ2n) is 8.70. The summed E-state index contributed by atoms with van der Waals surface area (Å²) in [5.41, 5.74) is 6.01. The largest absolute Gasteiger partial charge is 0.360 e. The van der Waals surface area contributed by atoms with Crippen LogP contribution in [0.25, 0.3) is 28.7 Å². The van der Waals surface area contributed by atoms with E-state index >= 15 is 0 Å². The van der Waals surface area contributed by atoms with Crippen LogP contribution in [0.3, 0.4) is 0 Å². The molecule has 5 nitrogen and oxygen atoms in total. The molecule has 0 saturated heterocycles. The molecule has 1 atom stereocenters. The third-order valence-corrected chi connectivity index (χ3v) is 6.02. The number of nitrogens with one attached hydrogen (secondary N) is 1. The standard InChI is InChI=1S/C28H26N4O/c1-18(2)21-13-15-22(16-14-21)25-28(33)30-27-23-11-7-8-12-24(23)29-26(32(27)31-25)19(3)17-20-9-5-4-6-10-20/h4-18,26,29H,1-3H3/b19-17+/t26-/m1/s1. The van der Waals surface area contributed by atoms with E-state index in [-0.39, 0.29) is 11.7 Å². The number of nitrogens with zero attached hydrogens (tertiary/aromatic N) is 3. The molecule has 0 saturated carbocycles. The second-order valence-corrected chi connectivity index (χ2v) is 8.70. The number of anilines is 1. The maximum Gasteiger partial charge on any atom is 0.300 e. The van der Waals surface area contributed by atoms with Gasteiger partial charge in [0.15, 0.2) is 11.5 Å². The SMILES string of the molecule is C/C(=C\c1ccccc1)[C@@H]1Nc2ccccc2-c2nc(=O)c(-c3ccc(C(C)C)cc3)nn21. The van der Waals surface area contributed by atoms with Gasteiger partial charge in [0, 0.05) is 16.8 Å². The zero-order chi connectivity index (χ0) is 22.9. The molecular weight excluding hydrogens is 408 g/mol. The van der Waals surface area contributed by atoms with Gasteiger partial charge in [-0.15, -0.1) is 0 Å². The zero-order valence-electron chi connectivity index (χ0n) is 19.0. The third-order valence-electron chi connectivity index (χ3n) is 6.02. The van der Waals surface area contributed by atoms with Gasteiger partial charge in [0.25, 0.3) is 5.56 Å². The summed E-state index contributed by atoms with van der Waals surface area (Å²) < 4.78 is 1.84. The van der Waals surface area contributed by atoms with Crippen molar-refractivity contribution in [1.29, 1.82) is 0 Å². The van der Waals surface area contributed by atoms with E-state index < -0.39 is 0 Å². The molecule has 0 bridgehead atoms. The third kappa shape index (κ3) is 3.98. The van der Waals surface area contributed by atoms with Crippen LogP contribution >= 0.6 is 0 Å². The molecule has 0 unspecified atom stereocenters. The Morgan fingerprint density at radius 3 is 2.39 bits per heavy atom. The van der Waals surface area contributed by atoms with E-state index in [1.165, 1.54) is 5.56 Å². The Morgan fingerprint density at radius 2 is 1.67 bits per heavy atom. The average Bonchev–Trinajstić information content (AvgIpc) is 2.84. The van der Waals surface area contributed by atoms with Crippen molar-refractivity contribution in [2.75, 3.05) is 5.32 Å². The highest BCUT2D eigenvalue weighted by Crippen LogP contribution is 2.36. The maximum absolute atomic E-state index is 13.1. The number of rotatable bonds is 4. The highest BCUT2D eigenvalue weighted by molar-refractivity contribution is 5.77. The van der Waals surface area contributed by atoms with Gasteiger partial charge < -0.3 is 5.32 Å². The van der Waals surface area contributed by atoms with Gasteiger partial charge >= 0.3 is 0 Å². The lowest BCUT2D eigenvalue weighted by Gasteiger charge is -2.31. The lowest BCUT2D eigenvalue weighted by molar-refractivity contribution is 0.543. The van der Waals surface area contributed by atoms with Crippen molar-refractivity contribution in [3.63, 3.8) is 0 Å². The Morgan fingerprint density at radius 1 is 0.970 bits per heavy atom. The predicted molar refractivity (Wildman–Crippen MR) is 134 cm³/mol. The van der Waals surface area contributed by atoms with Crippen LogP contribution in [-0.2, 0) is 0 Å². The van der Waals surface area contributed by atoms with Gasteiger partial charge in [0.2, 0.25) is 0 Å². The summed E-state index contributed by atoms with van der Waals surface area (Å²) in [5.74, 6) is 0.994. The molecule has 164 valence electrons. The van der Waals surface area contributed by atoms with Crippen LogP contribution in [0.1, 0.15) is 44.0 Å². The fourth-order valence-corrected chi connectivity index (χ4v) is 4.18. The highest BCUT2D eigenvalue weighted by Gasteiger charge is 2.27. The Hall–Kier alpha value is -3.99. The van der Waals surface area contributed by atoms with Gasteiger partial charge in [-0.3, -0.25) is 4.79 Å². The number of hydrogen-bond acceptors (Lipinski definition) is 4. The first-order valence-corrected chi connectivity index (χ1v) is 11.2. The lowest BCUT2D eigenvalue weighted by Crippen LogP contribution is -2.32. The number of fused-ring (bicyclic) bond motifs is 3. The molecule has 1 aromatic heterocycles. The summed E-state index contributed by atoms with van der Waals surface area (Å²) in [7, 11) is 0. The summed E-state index contributed by atoms with van der Waals surface area (Å²) in [4.78, 5) is 17.6. The fourth-order valence-electron chi connectivity index (χ4n) is 4.18. The van der Waals surface area contributed by atoms with Crippen LogP contribution in [0.2, 0.25) is 0 Å². The molecule has 0 aliphatic carbocycles. The van der Waals surface area contributed by atoms with Crippen LogP contribution in [0.4, 0.5) is 5.69 Å². The minimum absolute atomic E-state index is 0.267. The first kappa shape index (κ1) is 20.9. The second kappa shape index (κ2) is 8.51. The van der Waals surface area contributed by atoms with Crippen LogP contribution in [0, 0.1) is 0 Å². The number of aromatic nitrogens is 3. The number of hydrogen-bond donors (Lipinski definition) is 1. The van der Waals surface area contributed by atoms with E-state index in [1.54, 1.807) is 0 Å². The minimum Gasteiger partial charge on any atom is -0.360 e. The van der Waals surface area contributed by atoms with Crippen molar-refractivity contribution in [3.05, 3.63) is 106 Å². The van der Waals surface area contributed by atoms with Gasteiger partial charge in [0.1, 0.15) is 6.17 Å². The number of benzene rings is 3. The quantitative estimate of drug-likeness (QED) is 0.420. The smallest absolute Gasteiger partial charge is 0.300 e. The lowest BCUT2D eigenvalue weighted by atomic mass is 10.0. The molecule has 0 radical (unpaired) electrons. The zero-order valence-corrected chi connectivity index (χ0v) is 19.0. The molecular formula is C28H26N4O. The van der Waals surface area contributed by atoms with E-state index in [4.69, 9.17) is 5.10 Å². The molecule has 2 heterocycles. The minimum atomic E-state index is -0.321. The van der Waals surface area contributed by atoms with Crippen molar-refractivity contribution in [2.45, 2.75) is 32.9 Å². The summed E-state index contributed by atoms with van der Waals surface area (Å²) in [6.07, 6.45) is 1.86. The molecule has 1 N–H and O–H groups in total. The molecule has 33 heavy (non-hydrogen) atoms. The van der Waals surface area contributed by atoms with Crippen molar-refractivity contribution in [2.24, 2.45) is 0 Å². The van der Waals surface area contributed by atoms with Gasteiger partial charge in [-0.2, -0.15) is 10.1 Å². The topological polar surface area (TPSA) is 59.8 Å². The Kier molecular flexibility index (Phi) is 5.38. The van der Waals surface area contributed by atoms with Gasteiger partial charge in [0.05, 0.1) is 0 Å². The predicted octanol–water partition coefficient (Wildman–Crippen LogP) is 6.12. The van der Waals surface area contributed by atoms with Crippen LogP contribution in [0.15, 0.2) is 89.2 Å². The molecule has 5 rings (SSSR count). The first-order chi connectivity index (χ1) is 16.0. The van der Waals surface area contributed by atoms with Gasteiger partial charge in [-0.05, 0) is 41.7 Å². The van der Waals surface area contributed by atoms with E-state index in [1.807, 2.05) is 59.3 Å². The van der Waals surface area contributed by atoms with Crippen molar-refractivity contribution in [1.82, 2.24) is 14.8 Å². The van der Waals surface area contributed by atoms with E-state index in [9.17, 15) is 4.79 Å². The van der Waals surface area contributed by atoms with Crippen LogP contribution in [0.5, 0.6) is 0 Å². The van der Waals surface area contributed by atoms with E-state index in [0.29, 0.717) is 17.4 Å². The van der Waals surface area contributed by atoms with Crippen LogP contribution < -0.4 is 10.9 Å². The summed E-state index contributed by atoms with van der Waals surface area (Å²) in [6, 6.07) is 26.1. The van der Waals surface area contributed by atoms with Gasteiger partial charge in [-0.1, -0.05) is 86.7 Å². The Bertz CT molecular complexity index is 1390. The molecule has 3 aromatic carbocycles. The van der Waals surface area contributed by atoms with Crippen LogP contribution in [-0.4, -0.2) is 14.8 Å². The Labute approximate surface area is 193 Å². The fraction of sp³-hybridized carbons (Fsp3) is 0.179. The molecule has 0 spiro atoms.